The summed E-state index contributed by atoms with van der Waals surface area (Å²) in [7, 11) is 1.91. The molecule has 0 atom stereocenters. The van der Waals surface area contributed by atoms with Gasteiger partial charge >= 0.3 is 5.97 Å². The molecule has 0 bridgehead atoms. The minimum atomic E-state index is -0.918. The van der Waals surface area contributed by atoms with E-state index in [1.165, 1.54) is 5.56 Å². The van der Waals surface area contributed by atoms with E-state index >= 15 is 0 Å². The molecule has 0 fully saturated rings. The second-order valence-corrected chi connectivity index (χ2v) is 5.45. The van der Waals surface area contributed by atoms with Crippen molar-refractivity contribution >= 4 is 27.6 Å². The molecule has 2 aromatic carbocycles. The van der Waals surface area contributed by atoms with Gasteiger partial charge in [-0.05, 0) is 40.0 Å². The summed E-state index contributed by atoms with van der Waals surface area (Å²) in [5.41, 5.74) is 2.28. The van der Waals surface area contributed by atoms with Crippen molar-refractivity contribution in [3.8, 4) is 0 Å². The minimum Gasteiger partial charge on any atom is -0.478 e. The number of carboxylic acid groups (broad SMARTS) is 1. The summed E-state index contributed by atoms with van der Waals surface area (Å²) in [6.07, 6.45) is 0.878. The van der Waals surface area contributed by atoms with Crippen molar-refractivity contribution in [2.45, 2.75) is 6.42 Å². The van der Waals surface area contributed by atoms with Gasteiger partial charge in [-0.2, -0.15) is 0 Å². The zero-order chi connectivity index (χ0) is 14.5. The third-order valence-corrected chi connectivity index (χ3v) is 3.86. The van der Waals surface area contributed by atoms with Crippen molar-refractivity contribution in [3.63, 3.8) is 0 Å². The Kier molecular flexibility index (Phi) is 4.79. The normalized spacial score (nSPS) is 10.3. The average molecular weight is 334 g/mol. The highest BCUT2D eigenvalue weighted by Crippen LogP contribution is 2.27. The van der Waals surface area contributed by atoms with Gasteiger partial charge in [0.2, 0.25) is 0 Å². The maximum absolute atomic E-state index is 11.4. The first-order valence-electron chi connectivity index (χ1n) is 6.36. The van der Waals surface area contributed by atoms with Crippen LogP contribution < -0.4 is 4.90 Å². The number of benzene rings is 2. The lowest BCUT2D eigenvalue weighted by Gasteiger charge is -2.21. The fourth-order valence-corrected chi connectivity index (χ4v) is 2.63. The van der Waals surface area contributed by atoms with Crippen molar-refractivity contribution in [2.24, 2.45) is 0 Å². The second-order valence-electron chi connectivity index (χ2n) is 4.60. The molecule has 0 aromatic heterocycles. The van der Waals surface area contributed by atoms with E-state index in [0.29, 0.717) is 10.0 Å². The van der Waals surface area contributed by atoms with Crippen LogP contribution in [0.15, 0.2) is 53.0 Å². The summed E-state index contributed by atoms with van der Waals surface area (Å²) >= 11 is 3.30. The lowest BCUT2D eigenvalue weighted by molar-refractivity contribution is 0.0696. The number of hydrogen-bond donors (Lipinski definition) is 1. The molecule has 0 saturated heterocycles. The monoisotopic (exact) mass is 333 g/mol. The zero-order valence-corrected chi connectivity index (χ0v) is 12.8. The van der Waals surface area contributed by atoms with Gasteiger partial charge in [0.05, 0.1) is 11.3 Å². The number of anilines is 1. The van der Waals surface area contributed by atoms with E-state index in [1.54, 1.807) is 6.07 Å². The molecule has 20 heavy (non-hydrogen) atoms. The third kappa shape index (κ3) is 3.39. The molecule has 0 amide bonds. The van der Waals surface area contributed by atoms with Crippen LogP contribution in [-0.2, 0) is 6.42 Å². The molecular formula is C16H16BrNO2. The molecule has 4 heteroatoms. The van der Waals surface area contributed by atoms with Gasteiger partial charge in [-0.15, -0.1) is 0 Å². The van der Waals surface area contributed by atoms with Gasteiger partial charge in [-0.1, -0.05) is 36.4 Å². The Morgan fingerprint density at radius 1 is 1.15 bits per heavy atom. The predicted molar refractivity (Wildman–Crippen MR) is 84.5 cm³/mol. The summed E-state index contributed by atoms with van der Waals surface area (Å²) < 4.78 is 0.606. The Morgan fingerprint density at radius 3 is 2.50 bits per heavy atom. The van der Waals surface area contributed by atoms with Crippen LogP contribution >= 0.6 is 15.9 Å². The Balaban J connectivity index is 2.15. The largest absolute Gasteiger partial charge is 0.478 e. The van der Waals surface area contributed by atoms with Crippen molar-refractivity contribution in [3.05, 3.63) is 64.1 Å². The molecule has 2 aromatic rings. The van der Waals surface area contributed by atoms with Gasteiger partial charge in [0.1, 0.15) is 0 Å². The molecule has 1 N–H and O–H groups in total. The van der Waals surface area contributed by atoms with E-state index in [4.69, 9.17) is 0 Å². The number of carbonyl (C=O) groups is 1. The quantitative estimate of drug-likeness (QED) is 0.904. The molecule has 0 spiro atoms. The first-order chi connectivity index (χ1) is 9.59. The van der Waals surface area contributed by atoms with Crippen LogP contribution in [0.25, 0.3) is 0 Å². The minimum absolute atomic E-state index is 0.308. The molecular weight excluding hydrogens is 318 g/mol. The van der Waals surface area contributed by atoms with E-state index in [9.17, 15) is 9.90 Å². The molecule has 3 nitrogen and oxygen atoms in total. The molecule has 0 heterocycles. The first kappa shape index (κ1) is 14.6. The van der Waals surface area contributed by atoms with Crippen LogP contribution in [0.3, 0.4) is 0 Å². The second kappa shape index (κ2) is 6.57. The van der Waals surface area contributed by atoms with E-state index in [1.807, 2.05) is 42.3 Å². The first-order valence-corrected chi connectivity index (χ1v) is 7.16. The van der Waals surface area contributed by atoms with Crippen molar-refractivity contribution in [1.82, 2.24) is 0 Å². The zero-order valence-electron chi connectivity index (χ0n) is 11.2. The molecule has 0 aliphatic heterocycles. The Bertz CT molecular complexity index is 599. The van der Waals surface area contributed by atoms with Crippen molar-refractivity contribution in [2.75, 3.05) is 18.5 Å². The highest BCUT2D eigenvalue weighted by molar-refractivity contribution is 9.10. The van der Waals surface area contributed by atoms with E-state index < -0.39 is 5.97 Å². The van der Waals surface area contributed by atoms with E-state index in [0.717, 1.165) is 18.7 Å². The van der Waals surface area contributed by atoms with E-state index in [2.05, 4.69) is 28.1 Å². The van der Waals surface area contributed by atoms with Gasteiger partial charge in [-0.25, -0.2) is 4.79 Å². The topological polar surface area (TPSA) is 40.5 Å². The van der Waals surface area contributed by atoms with Crippen molar-refractivity contribution in [1.29, 1.82) is 0 Å². The molecule has 0 unspecified atom stereocenters. The summed E-state index contributed by atoms with van der Waals surface area (Å²) in [6.45, 7) is 0.765. The van der Waals surface area contributed by atoms with Crippen molar-refractivity contribution < 1.29 is 9.90 Å². The fraction of sp³-hybridized carbons (Fsp3) is 0.188. The summed E-state index contributed by atoms with van der Waals surface area (Å²) in [5, 5.41) is 9.32. The molecule has 0 radical (unpaired) electrons. The average Bonchev–Trinajstić information content (AvgIpc) is 2.45. The van der Waals surface area contributed by atoms with Gasteiger partial charge in [0.25, 0.3) is 0 Å². The highest BCUT2D eigenvalue weighted by Gasteiger charge is 2.16. The SMILES string of the molecule is CN(CCc1ccccc1)c1cccc(Br)c1C(=O)O. The predicted octanol–water partition coefficient (Wildman–Crippen LogP) is 3.83. The Morgan fingerprint density at radius 2 is 1.85 bits per heavy atom. The standard InChI is InChI=1S/C16H16BrNO2/c1-18(11-10-12-6-3-2-4-7-12)14-9-5-8-13(17)15(14)16(19)20/h2-9H,10-11H2,1H3,(H,19,20). The number of rotatable bonds is 5. The van der Waals surface area contributed by atoms with Crippen LogP contribution in [0.1, 0.15) is 15.9 Å². The Hall–Kier alpha value is -1.81. The van der Waals surface area contributed by atoms with E-state index in [-0.39, 0.29) is 0 Å². The lowest BCUT2D eigenvalue weighted by Crippen LogP contribution is -2.22. The fourth-order valence-electron chi connectivity index (χ4n) is 2.10. The molecule has 104 valence electrons. The van der Waals surface area contributed by atoms with Crippen LogP contribution in [0.5, 0.6) is 0 Å². The van der Waals surface area contributed by atoms with Gasteiger partial charge in [-0.3, -0.25) is 0 Å². The van der Waals surface area contributed by atoms with Gasteiger partial charge in [0.15, 0.2) is 0 Å². The van der Waals surface area contributed by atoms with Crippen LogP contribution in [0.4, 0.5) is 5.69 Å². The maximum Gasteiger partial charge on any atom is 0.338 e. The number of carboxylic acids is 1. The molecule has 0 saturated carbocycles. The summed E-state index contributed by atoms with van der Waals surface area (Å²) in [6, 6.07) is 15.6. The number of hydrogen-bond acceptors (Lipinski definition) is 2. The van der Waals surface area contributed by atoms with Crippen LogP contribution in [0.2, 0.25) is 0 Å². The van der Waals surface area contributed by atoms with Crippen LogP contribution in [0, 0.1) is 0 Å². The number of halogens is 1. The van der Waals surface area contributed by atoms with Crippen LogP contribution in [-0.4, -0.2) is 24.7 Å². The number of nitrogens with zero attached hydrogens (tertiary/aromatic N) is 1. The molecule has 0 aliphatic rings. The molecule has 2 rings (SSSR count). The lowest BCUT2D eigenvalue weighted by atomic mass is 10.1. The summed E-state index contributed by atoms with van der Waals surface area (Å²) in [5.74, 6) is -0.918. The number of aromatic carboxylic acids is 1. The summed E-state index contributed by atoms with van der Waals surface area (Å²) in [4.78, 5) is 13.3. The van der Waals surface area contributed by atoms with Gasteiger partial charge in [0, 0.05) is 18.1 Å². The Labute approximate surface area is 127 Å². The highest BCUT2D eigenvalue weighted by atomic mass is 79.9. The maximum atomic E-state index is 11.4. The number of likely N-dealkylation sites (N-methyl/N-ethyl adjacent to an activating group) is 1. The van der Waals surface area contributed by atoms with Gasteiger partial charge < -0.3 is 10.0 Å². The molecule has 0 aliphatic carbocycles. The smallest absolute Gasteiger partial charge is 0.338 e. The third-order valence-electron chi connectivity index (χ3n) is 3.20.